The van der Waals surface area contributed by atoms with E-state index in [2.05, 4.69) is 148 Å². The fourth-order valence-electron chi connectivity index (χ4n) is 8.28. The third-order valence-corrected chi connectivity index (χ3v) is 12.9. The SMILES string of the molecule is CC/C=C\C/C=C\C/C=C\C/C=C\C/C=C\C/C=C\CCC(=O)OC(COC(=O)CCCCCCC/C=C\CCCCCCCCC)COC(=O)CCCCCCCCCCCC/C=C\C/C=C\C/C=C\C/C=C\CC. The summed E-state index contributed by atoms with van der Waals surface area (Å²) >= 11 is 0. The molecule has 0 spiro atoms. The monoisotopic (exact) mass is 1050 g/mol. The lowest BCUT2D eigenvalue weighted by atomic mass is 10.1. The lowest BCUT2D eigenvalue weighted by molar-refractivity contribution is -0.166. The van der Waals surface area contributed by atoms with E-state index in [9.17, 15) is 14.4 Å². The van der Waals surface area contributed by atoms with Crippen molar-refractivity contribution in [2.24, 2.45) is 0 Å². The molecule has 0 aromatic carbocycles. The minimum absolute atomic E-state index is 0.116. The molecule has 76 heavy (non-hydrogen) atoms. The quantitative estimate of drug-likeness (QED) is 0.0261. The van der Waals surface area contributed by atoms with Crippen molar-refractivity contribution in [3.8, 4) is 0 Å². The molecular formula is C70H114O6. The van der Waals surface area contributed by atoms with Gasteiger partial charge in [-0.05, 0) is 122 Å². The Morgan fingerprint density at radius 1 is 0.276 bits per heavy atom. The first-order valence-corrected chi connectivity index (χ1v) is 31.2. The van der Waals surface area contributed by atoms with E-state index in [0.717, 1.165) is 116 Å². The van der Waals surface area contributed by atoms with Crippen molar-refractivity contribution in [2.75, 3.05) is 13.2 Å². The molecule has 0 aliphatic heterocycles. The number of hydrogen-bond donors (Lipinski definition) is 0. The Kier molecular flexibility index (Phi) is 59.4. The molecule has 0 bridgehead atoms. The van der Waals surface area contributed by atoms with Crippen LogP contribution in [-0.4, -0.2) is 37.2 Å². The minimum Gasteiger partial charge on any atom is -0.462 e. The van der Waals surface area contributed by atoms with Gasteiger partial charge in [-0.25, -0.2) is 0 Å². The molecule has 430 valence electrons. The first-order valence-electron chi connectivity index (χ1n) is 31.2. The lowest BCUT2D eigenvalue weighted by Gasteiger charge is -2.18. The van der Waals surface area contributed by atoms with Gasteiger partial charge in [0.2, 0.25) is 0 Å². The summed E-state index contributed by atoms with van der Waals surface area (Å²) in [5.41, 5.74) is 0. The van der Waals surface area contributed by atoms with Gasteiger partial charge in [-0.1, -0.05) is 264 Å². The Labute approximate surface area is 468 Å². The largest absolute Gasteiger partial charge is 0.462 e. The molecular weight excluding hydrogens is 937 g/mol. The van der Waals surface area contributed by atoms with Gasteiger partial charge >= 0.3 is 17.9 Å². The first kappa shape index (κ1) is 71.5. The number of carbonyl (C=O) groups is 3. The number of allylic oxidation sites excluding steroid dienone is 22. The second-order valence-corrected chi connectivity index (χ2v) is 20.2. The molecule has 0 heterocycles. The van der Waals surface area contributed by atoms with E-state index in [0.29, 0.717) is 19.3 Å². The molecule has 0 N–H and O–H groups in total. The highest BCUT2D eigenvalue weighted by atomic mass is 16.6. The average Bonchev–Trinajstić information content (AvgIpc) is 3.42. The highest BCUT2D eigenvalue weighted by Crippen LogP contribution is 2.15. The smallest absolute Gasteiger partial charge is 0.306 e. The van der Waals surface area contributed by atoms with Crippen molar-refractivity contribution < 1.29 is 28.6 Å². The van der Waals surface area contributed by atoms with Gasteiger partial charge in [-0.2, -0.15) is 0 Å². The van der Waals surface area contributed by atoms with E-state index in [4.69, 9.17) is 14.2 Å². The van der Waals surface area contributed by atoms with Crippen LogP contribution < -0.4 is 0 Å². The van der Waals surface area contributed by atoms with E-state index in [-0.39, 0.29) is 31.6 Å². The van der Waals surface area contributed by atoms with Crippen LogP contribution in [0.2, 0.25) is 0 Å². The molecule has 0 aromatic heterocycles. The molecule has 0 saturated heterocycles. The summed E-state index contributed by atoms with van der Waals surface area (Å²) in [5, 5.41) is 0. The van der Waals surface area contributed by atoms with E-state index in [1.807, 2.05) is 6.08 Å². The second-order valence-electron chi connectivity index (χ2n) is 20.2. The van der Waals surface area contributed by atoms with Crippen molar-refractivity contribution in [3.63, 3.8) is 0 Å². The van der Waals surface area contributed by atoms with Gasteiger partial charge in [0.05, 0.1) is 0 Å². The molecule has 0 fully saturated rings. The molecule has 0 aliphatic rings. The van der Waals surface area contributed by atoms with Gasteiger partial charge in [0.25, 0.3) is 0 Å². The van der Waals surface area contributed by atoms with Crippen molar-refractivity contribution in [2.45, 2.75) is 277 Å². The molecule has 0 aliphatic carbocycles. The van der Waals surface area contributed by atoms with Gasteiger partial charge in [0.1, 0.15) is 13.2 Å². The maximum absolute atomic E-state index is 12.9. The van der Waals surface area contributed by atoms with Crippen LogP contribution in [0, 0.1) is 0 Å². The van der Waals surface area contributed by atoms with E-state index in [1.54, 1.807) is 0 Å². The molecule has 1 atom stereocenters. The van der Waals surface area contributed by atoms with Gasteiger partial charge in [-0.15, -0.1) is 0 Å². The lowest BCUT2D eigenvalue weighted by Crippen LogP contribution is -2.30. The molecule has 0 aromatic rings. The third-order valence-electron chi connectivity index (χ3n) is 12.9. The predicted molar refractivity (Wildman–Crippen MR) is 329 cm³/mol. The van der Waals surface area contributed by atoms with Crippen LogP contribution in [0.3, 0.4) is 0 Å². The zero-order valence-electron chi connectivity index (χ0n) is 49.2. The number of ether oxygens (including phenoxy) is 3. The van der Waals surface area contributed by atoms with Crippen molar-refractivity contribution in [1.29, 1.82) is 0 Å². The second kappa shape index (κ2) is 63.1. The van der Waals surface area contributed by atoms with Gasteiger partial charge in [-0.3, -0.25) is 14.4 Å². The summed E-state index contributed by atoms with van der Waals surface area (Å²) in [6, 6.07) is 0. The maximum Gasteiger partial charge on any atom is 0.306 e. The molecule has 0 rings (SSSR count). The van der Waals surface area contributed by atoms with Crippen LogP contribution in [-0.2, 0) is 28.6 Å². The zero-order valence-corrected chi connectivity index (χ0v) is 49.2. The molecule has 6 heteroatoms. The standard InChI is InChI=1S/C70H114O6/c1-4-7-10-13-16-19-22-25-28-31-33-34-35-36-38-39-42-45-48-51-54-57-60-63-69(72)75-66-67(65-74-68(71)62-59-56-53-50-47-44-41-30-27-24-21-18-15-12-9-6-3)76-70(73)64-61-58-55-52-49-46-43-40-37-32-29-26-23-20-17-14-11-8-5-2/h7-8,10-11,16-17,19-20,25-26,28-30,33-34,37,40-41,46,49,55,58,67H,4-6,9,12-15,18,21-24,27,31-32,35-36,38-39,42-45,47-48,50-54,56-57,59-66H2,1-3H3/b10-7-,11-8-,19-16-,20-17-,28-25-,29-26-,34-33-,40-37-,41-30-,49-46-,58-55-. The summed E-state index contributed by atoms with van der Waals surface area (Å²) in [6.07, 6.45) is 88.9. The number of rotatable bonds is 55. The zero-order chi connectivity index (χ0) is 55.0. The van der Waals surface area contributed by atoms with Gasteiger partial charge in [0.15, 0.2) is 6.10 Å². The highest BCUT2D eigenvalue weighted by molar-refractivity contribution is 5.71. The molecule has 0 radical (unpaired) electrons. The molecule has 0 amide bonds. The average molecular weight is 1050 g/mol. The van der Waals surface area contributed by atoms with Crippen LogP contribution in [0.25, 0.3) is 0 Å². The summed E-state index contributed by atoms with van der Waals surface area (Å²) in [7, 11) is 0. The Morgan fingerprint density at radius 2 is 0.539 bits per heavy atom. The highest BCUT2D eigenvalue weighted by Gasteiger charge is 2.19. The first-order chi connectivity index (χ1) is 37.5. The van der Waals surface area contributed by atoms with Crippen LogP contribution in [0.5, 0.6) is 0 Å². The minimum atomic E-state index is -0.829. The van der Waals surface area contributed by atoms with Gasteiger partial charge in [0, 0.05) is 19.3 Å². The van der Waals surface area contributed by atoms with E-state index >= 15 is 0 Å². The summed E-state index contributed by atoms with van der Waals surface area (Å²) in [5.74, 6) is -1.01. The Morgan fingerprint density at radius 3 is 0.868 bits per heavy atom. The van der Waals surface area contributed by atoms with Crippen molar-refractivity contribution in [3.05, 3.63) is 134 Å². The van der Waals surface area contributed by atoms with E-state index < -0.39 is 12.1 Å². The summed E-state index contributed by atoms with van der Waals surface area (Å²) < 4.78 is 16.8. The fraction of sp³-hybridized carbons (Fsp3) is 0.643. The molecule has 0 saturated carbocycles. The van der Waals surface area contributed by atoms with Gasteiger partial charge < -0.3 is 14.2 Å². The van der Waals surface area contributed by atoms with Crippen molar-refractivity contribution >= 4 is 17.9 Å². The van der Waals surface area contributed by atoms with Crippen molar-refractivity contribution in [1.82, 2.24) is 0 Å². The van der Waals surface area contributed by atoms with Crippen LogP contribution in [0.4, 0.5) is 0 Å². The maximum atomic E-state index is 12.9. The number of carbonyl (C=O) groups excluding carboxylic acids is 3. The predicted octanol–water partition coefficient (Wildman–Crippen LogP) is 21.4. The third kappa shape index (κ3) is 60.4. The number of esters is 3. The Bertz CT molecular complexity index is 1630. The Hall–Kier alpha value is -4.45. The topological polar surface area (TPSA) is 78.9 Å². The molecule has 6 nitrogen and oxygen atoms in total. The normalized spacial score (nSPS) is 13.0. The fourth-order valence-corrected chi connectivity index (χ4v) is 8.28. The summed E-state index contributed by atoms with van der Waals surface area (Å²) in [6.45, 7) is 6.35. The number of unbranched alkanes of at least 4 members (excludes halogenated alkanes) is 22. The van der Waals surface area contributed by atoms with Crippen LogP contribution in [0.1, 0.15) is 271 Å². The van der Waals surface area contributed by atoms with E-state index in [1.165, 1.54) is 109 Å². The summed E-state index contributed by atoms with van der Waals surface area (Å²) in [4.78, 5) is 38.3. The molecule has 1 unspecified atom stereocenters. The van der Waals surface area contributed by atoms with Crippen LogP contribution in [0.15, 0.2) is 134 Å². The van der Waals surface area contributed by atoms with Crippen LogP contribution >= 0.6 is 0 Å². The Balaban J connectivity index is 4.50. The number of hydrogen-bond acceptors (Lipinski definition) is 6.